The van der Waals surface area contributed by atoms with Crippen LogP contribution in [0.2, 0.25) is 0 Å². The SMILES string of the molecule is [C-]#[N+]c1cc2oc(C)c(C(=O)OCC)c2cc1O. The number of fused-ring (bicyclic) bond motifs is 1. The Morgan fingerprint density at radius 2 is 2.28 bits per heavy atom. The van der Waals surface area contributed by atoms with Crippen molar-refractivity contribution >= 4 is 22.6 Å². The topological polar surface area (TPSA) is 64.0 Å². The number of carbonyl (C=O) groups is 1. The van der Waals surface area contributed by atoms with Crippen LogP contribution in [0, 0.1) is 13.5 Å². The smallest absolute Gasteiger partial charge is 0.342 e. The number of esters is 1. The number of phenols is 1. The van der Waals surface area contributed by atoms with E-state index in [4.69, 9.17) is 15.7 Å². The molecule has 5 nitrogen and oxygen atoms in total. The number of nitrogens with zero attached hydrogens (tertiary/aromatic N) is 1. The van der Waals surface area contributed by atoms with Gasteiger partial charge in [0.1, 0.15) is 22.7 Å². The minimum atomic E-state index is -0.497. The zero-order valence-electron chi connectivity index (χ0n) is 9.98. The number of phenolic OH excluding ortho intramolecular Hbond substituents is 1. The molecule has 0 aliphatic heterocycles. The van der Waals surface area contributed by atoms with Crippen molar-refractivity contribution in [1.29, 1.82) is 0 Å². The molecule has 1 aromatic heterocycles. The van der Waals surface area contributed by atoms with Crippen molar-refractivity contribution in [3.05, 3.63) is 34.9 Å². The third kappa shape index (κ3) is 1.78. The molecule has 2 aromatic rings. The van der Waals surface area contributed by atoms with E-state index in [0.717, 1.165) is 0 Å². The Morgan fingerprint density at radius 1 is 1.56 bits per heavy atom. The first-order valence-corrected chi connectivity index (χ1v) is 5.39. The van der Waals surface area contributed by atoms with Crippen LogP contribution >= 0.6 is 0 Å². The highest BCUT2D eigenvalue weighted by atomic mass is 16.5. The largest absolute Gasteiger partial charge is 0.519 e. The number of aromatic hydroxyl groups is 1. The second-order valence-electron chi connectivity index (χ2n) is 3.70. The first-order chi connectivity index (χ1) is 8.58. The summed E-state index contributed by atoms with van der Waals surface area (Å²) in [4.78, 5) is 14.9. The van der Waals surface area contributed by atoms with E-state index in [9.17, 15) is 9.90 Å². The van der Waals surface area contributed by atoms with Gasteiger partial charge in [0.15, 0.2) is 0 Å². The average molecular weight is 245 g/mol. The molecule has 0 spiro atoms. The summed E-state index contributed by atoms with van der Waals surface area (Å²) in [5, 5.41) is 10.1. The molecule has 0 bridgehead atoms. The van der Waals surface area contributed by atoms with Gasteiger partial charge < -0.3 is 14.3 Å². The van der Waals surface area contributed by atoms with Gasteiger partial charge in [-0.2, -0.15) is 0 Å². The zero-order valence-corrected chi connectivity index (χ0v) is 9.98. The lowest BCUT2D eigenvalue weighted by Crippen LogP contribution is -2.05. The Bertz CT molecular complexity index is 664. The van der Waals surface area contributed by atoms with Crippen LogP contribution in [0.5, 0.6) is 5.75 Å². The number of hydrogen-bond acceptors (Lipinski definition) is 4. The van der Waals surface area contributed by atoms with Gasteiger partial charge in [-0.1, -0.05) is 0 Å². The Balaban J connectivity index is 2.69. The van der Waals surface area contributed by atoms with Crippen LogP contribution in [0.3, 0.4) is 0 Å². The third-order valence-electron chi connectivity index (χ3n) is 2.56. The molecule has 5 heteroatoms. The highest BCUT2D eigenvalue weighted by Crippen LogP contribution is 2.36. The van der Waals surface area contributed by atoms with E-state index in [2.05, 4.69) is 4.85 Å². The Labute approximate surface area is 103 Å². The molecule has 0 atom stereocenters. The normalized spacial score (nSPS) is 10.3. The van der Waals surface area contributed by atoms with Crippen LogP contribution in [0.4, 0.5) is 5.69 Å². The summed E-state index contributed by atoms with van der Waals surface area (Å²) >= 11 is 0. The lowest BCUT2D eigenvalue weighted by Gasteiger charge is -2.01. The second kappa shape index (κ2) is 4.41. The van der Waals surface area contributed by atoms with Crippen LogP contribution in [0.25, 0.3) is 15.8 Å². The maximum atomic E-state index is 11.8. The summed E-state index contributed by atoms with van der Waals surface area (Å²) < 4.78 is 10.3. The molecule has 1 aromatic carbocycles. The summed E-state index contributed by atoms with van der Waals surface area (Å²) in [7, 11) is 0. The maximum Gasteiger partial charge on any atom is 0.342 e. The van der Waals surface area contributed by atoms with E-state index >= 15 is 0 Å². The summed E-state index contributed by atoms with van der Waals surface area (Å²) in [6, 6.07) is 2.76. The van der Waals surface area contributed by atoms with Gasteiger partial charge >= 0.3 is 5.97 Å². The summed E-state index contributed by atoms with van der Waals surface area (Å²) in [6.07, 6.45) is 0. The summed E-state index contributed by atoms with van der Waals surface area (Å²) in [5.74, 6) is -0.266. The number of hydrogen-bond donors (Lipinski definition) is 1. The van der Waals surface area contributed by atoms with Crippen molar-refractivity contribution in [2.45, 2.75) is 13.8 Å². The maximum absolute atomic E-state index is 11.8. The lowest BCUT2D eigenvalue weighted by atomic mass is 10.1. The van der Waals surface area contributed by atoms with E-state index in [0.29, 0.717) is 22.3 Å². The Morgan fingerprint density at radius 3 is 2.89 bits per heavy atom. The fraction of sp³-hybridized carbons (Fsp3) is 0.231. The van der Waals surface area contributed by atoms with E-state index in [-0.39, 0.29) is 18.0 Å². The number of aryl methyl sites for hydroxylation is 1. The van der Waals surface area contributed by atoms with E-state index in [1.165, 1.54) is 12.1 Å². The average Bonchev–Trinajstić information content (AvgIpc) is 2.63. The predicted molar refractivity (Wildman–Crippen MR) is 64.8 cm³/mol. The van der Waals surface area contributed by atoms with Crippen molar-refractivity contribution in [1.82, 2.24) is 0 Å². The lowest BCUT2D eigenvalue weighted by molar-refractivity contribution is 0.0526. The number of furan rings is 1. The third-order valence-corrected chi connectivity index (χ3v) is 2.56. The first kappa shape index (κ1) is 12.0. The molecule has 0 saturated carbocycles. The quantitative estimate of drug-likeness (QED) is 0.652. The first-order valence-electron chi connectivity index (χ1n) is 5.39. The van der Waals surface area contributed by atoms with Crippen LogP contribution in [0.15, 0.2) is 16.5 Å². The number of ether oxygens (including phenoxy) is 1. The van der Waals surface area contributed by atoms with E-state index in [1.807, 2.05) is 0 Å². The Kier molecular flexibility index (Phi) is 2.94. The van der Waals surface area contributed by atoms with Crippen molar-refractivity contribution in [3.8, 4) is 5.75 Å². The van der Waals surface area contributed by atoms with E-state index in [1.54, 1.807) is 13.8 Å². The van der Waals surface area contributed by atoms with Crippen LogP contribution < -0.4 is 0 Å². The van der Waals surface area contributed by atoms with Gasteiger partial charge in [0.2, 0.25) is 5.69 Å². The molecule has 92 valence electrons. The minimum Gasteiger partial charge on any atom is -0.519 e. The van der Waals surface area contributed by atoms with Crippen molar-refractivity contribution in [2.24, 2.45) is 0 Å². The molecule has 0 aliphatic carbocycles. The van der Waals surface area contributed by atoms with E-state index < -0.39 is 5.97 Å². The number of carbonyl (C=O) groups excluding carboxylic acids is 1. The molecular formula is C13H11NO4. The number of rotatable bonds is 2. The summed E-state index contributed by atoms with van der Waals surface area (Å²) in [6.45, 7) is 10.5. The van der Waals surface area contributed by atoms with Gasteiger partial charge in [0, 0.05) is 5.39 Å². The van der Waals surface area contributed by atoms with Gasteiger partial charge in [0.25, 0.3) is 0 Å². The monoisotopic (exact) mass is 245 g/mol. The molecule has 0 fully saturated rings. The van der Waals surface area contributed by atoms with Crippen LogP contribution in [0.1, 0.15) is 23.0 Å². The van der Waals surface area contributed by atoms with Crippen LogP contribution in [-0.4, -0.2) is 17.7 Å². The molecule has 0 amide bonds. The van der Waals surface area contributed by atoms with Gasteiger partial charge in [-0.15, -0.1) is 0 Å². The van der Waals surface area contributed by atoms with Crippen molar-refractivity contribution in [3.63, 3.8) is 0 Å². The molecule has 0 radical (unpaired) electrons. The highest BCUT2D eigenvalue weighted by molar-refractivity contribution is 6.05. The summed E-state index contributed by atoms with van der Waals surface area (Å²) in [5.41, 5.74) is 0.768. The minimum absolute atomic E-state index is 0.0895. The molecule has 1 heterocycles. The van der Waals surface area contributed by atoms with Crippen molar-refractivity contribution in [2.75, 3.05) is 6.61 Å². The second-order valence-corrected chi connectivity index (χ2v) is 3.70. The molecule has 2 rings (SSSR count). The molecule has 0 saturated heterocycles. The van der Waals surface area contributed by atoms with Gasteiger partial charge in [-0.05, 0) is 26.0 Å². The highest BCUT2D eigenvalue weighted by Gasteiger charge is 2.20. The standard InChI is InChI=1S/C13H11NO4/c1-4-17-13(16)12-7(2)18-11-6-9(14-3)10(15)5-8(11)12/h5-6,15H,4H2,1-2H3. The van der Waals surface area contributed by atoms with Gasteiger partial charge in [0.05, 0.1) is 13.2 Å². The molecule has 18 heavy (non-hydrogen) atoms. The molecule has 0 unspecified atom stereocenters. The molecular weight excluding hydrogens is 234 g/mol. The van der Waals surface area contributed by atoms with Crippen LogP contribution in [-0.2, 0) is 4.74 Å². The van der Waals surface area contributed by atoms with Crippen molar-refractivity contribution < 1.29 is 19.1 Å². The molecule has 0 aliphatic rings. The predicted octanol–water partition coefficient (Wildman–Crippen LogP) is 3.17. The fourth-order valence-electron chi connectivity index (χ4n) is 1.79. The van der Waals surface area contributed by atoms with Gasteiger partial charge in [-0.3, -0.25) is 0 Å². The van der Waals surface area contributed by atoms with Gasteiger partial charge in [-0.25, -0.2) is 9.64 Å². The number of benzene rings is 1. The molecule has 1 N–H and O–H groups in total. The Hall–Kier alpha value is -2.48. The fourth-order valence-corrected chi connectivity index (χ4v) is 1.79. The zero-order chi connectivity index (χ0) is 13.3.